The number of nitrogens with two attached hydrogens (primary N) is 1. The van der Waals surface area contributed by atoms with Crippen molar-refractivity contribution in [3.63, 3.8) is 0 Å². The molecule has 24 heavy (non-hydrogen) atoms. The van der Waals surface area contributed by atoms with Crippen LogP contribution in [0.15, 0.2) is 30.5 Å². The van der Waals surface area contributed by atoms with E-state index in [4.69, 9.17) is 15.2 Å². The van der Waals surface area contributed by atoms with Crippen LogP contribution in [0.1, 0.15) is 41.6 Å². The zero-order valence-corrected chi connectivity index (χ0v) is 13.5. The maximum Gasteiger partial charge on any atom is 0.197 e. The molecule has 2 aromatic rings. The number of hydrogen-bond donors (Lipinski definition) is 2. The van der Waals surface area contributed by atoms with Gasteiger partial charge < -0.3 is 20.3 Å². The minimum atomic E-state index is -0.347. The van der Waals surface area contributed by atoms with Crippen LogP contribution in [0, 0.1) is 0 Å². The average Bonchev–Trinajstić information content (AvgIpc) is 3.10. The Balaban J connectivity index is 1.92. The van der Waals surface area contributed by atoms with Crippen molar-refractivity contribution in [2.75, 3.05) is 12.8 Å². The summed E-state index contributed by atoms with van der Waals surface area (Å²) >= 11 is 0. The molecule has 0 spiro atoms. The molecule has 1 saturated carbocycles. The molecule has 6 heteroatoms. The molecule has 0 radical (unpaired) electrons. The standard InChI is InChI=1S/C18H20N2O4/c1-23-14-7-6-11(10-15(14)24-12-4-2-3-5-12)16(21)13-8-9-20-18(19)17(13)22/h6-10,12,22H,2-5H2,1H3,(H2,19,20). The first-order valence-corrected chi connectivity index (χ1v) is 7.93. The fraction of sp³-hybridized carbons (Fsp3) is 0.333. The maximum atomic E-state index is 12.7. The van der Waals surface area contributed by atoms with E-state index in [2.05, 4.69) is 4.98 Å². The van der Waals surface area contributed by atoms with Crippen LogP contribution in [0.5, 0.6) is 17.2 Å². The van der Waals surface area contributed by atoms with Gasteiger partial charge >= 0.3 is 0 Å². The first-order valence-electron chi connectivity index (χ1n) is 7.93. The number of carbonyl (C=O) groups excluding carboxylic acids is 1. The van der Waals surface area contributed by atoms with E-state index in [0.29, 0.717) is 17.1 Å². The van der Waals surface area contributed by atoms with E-state index in [9.17, 15) is 9.90 Å². The minimum Gasteiger partial charge on any atom is -0.504 e. The summed E-state index contributed by atoms with van der Waals surface area (Å²) in [6, 6.07) is 6.42. The molecule has 1 fully saturated rings. The van der Waals surface area contributed by atoms with E-state index in [1.54, 1.807) is 25.3 Å². The second-order valence-corrected chi connectivity index (χ2v) is 5.81. The lowest BCUT2D eigenvalue weighted by Gasteiger charge is -2.16. The van der Waals surface area contributed by atoms with E-state index in [0.717, 1.165) is 25.7 Å². The minimum absolute atomic E-state index is 0.0724. The molecule has 0 atom stereocenters. The topological polar surface area (TPSA) is 94.7 Å². The van der Waals surface area contributed by atoms with Gasteiger partial charge in [0.05, 0.1) is 18.8 Å². The smallest absolute Gasteiger partial charge is 0.197 e. The van der Waals surface area contributed by atoms with Crippen LogP contribution in [-0.2, 0) is 0 Å². The number of pyridine rings is 1. The molecule has 0 unspecified atom stereocenters. The van der Waals surface area contributed by atoms with Gasteiger partial charge in [0.1, 0.15) is 0 Å². The molecule has 0 bridgehead atoms. The SMILES string of the molecule is COc1ccc(C(=O)c2ccnc(N)c2O)cc1OC1CCCC1. The number of aromatic hydroxyl groups is 1. The highest BCUT2D eigenvalue weighted by Crippen LogP contribution is 2.34. The number of nitrogen functional groups attached to an aromatic ring is 1. The summed E-state index contributed by atoms with van der Waals surface area (Å²) in [5, 5.41) is 9.96. The molecular weight excluding hydrogens is 308 g/mol. The van der Waals surface area contributed by atoms with Gasteiger partial charge in [0.25, 0.3) is 0 Å². The predicted molar refractivity (Wildman–Crippen MR) is 89.6 cm³/mol. The van der Waals surface area contributed by atoms with Crippen LogP contribution in [0.2, 0.25) is 0 Å². The first-order chi connectivity index (χ1) is 11.6. The summed E-state index contributed by atoms with van der Waals surface area (Å²) in [4.78, 5) is 16.4. The summed E-state index contributed by atoms with van der Waals surface area (Å²) < 4.78 is 11.3. The molecular formula is C18H20N2O4. The normalized spacial score (nSPS) is 14.5. The summed E-state index contributed by atoms with van der Waals surface area (Å²) in [5.74, 6) is 0.391. The Morgan fingerprint density at radius 3 is 2.71 bits per heavy atom. The quantitative estimate of drug-likeness (QED) is 0.820. The number of ketones is 1. The van der Waals surface area contributed by atoms with Crippen molar-refractivity contribution >= 4 is 11.6 Å². The zero-order valence-electron chi connectivity index (χ0n) is 13.5. The molecule has 0 aliphatic heterocycles. The van der Waals surface area contributed by atoms with Crippen LogP contribution < -0.4 is 15.2 Å². The number of nitrogens with zero attached hydrogens (tertiary/aromatic N) is 1. The van der Waals surface area contributed by atoms with Crippen molar-refractivity contribution in [3.05, 3.63) is 41.6 Å². The van der Waals surface area contributed by atoms with Crippen molar-refractivity contribution in [1.82, 2.24) is 4.98 Å². The highest BCUT2D eigenvalue weighted by molar-refractivity contribution is 6.11. The van der Waals surface area contributed by atoms with E-state index in [1.165, 1.54) is 12.3 Å². The molecule has 1 aromatic carbocycles. The molecule has 1 aliphatic rings. The predicted octanol–water partition coefficient (Wildman–Crippen LogP) is 2.93. The number of benzene rings is 1. The number of aromatic nitrogens is 1. The molecule has 126 valence electrons. The summed E-state index contributed by atoms with van der Waals surface area (Å²) in [6.45, 7) is 0. The third-order valence-electron chi connectivity index (χ3n) is 4.22. The van der Waals surface area contributed by atoms with Gasteiger partial charge in [0.15, 0.2) is 28.8 Å². The number of hydrogen-bond acceptors (Lipinski definition) is 6. The van der Waals surface area contributed by atoms with Gasteiger partial charge in [0, 0.05) is 11.8 Å². The van der Waals surface area contributed by atoms with E-state index in [1.807, 2.05) is 0 Å². The van der Waals surface area contributed by atoms with Crippen LogP contribution in [-0.4, -0.2) is 29.1 Å². The van der Waals surface area contributed by atoms with Crippen molar-refractivity contribution < 1.29 is 19.4 Å². The molecule has 1 aromatic heterocycles. The Kier molecular flexibility index (Phi) is 4.55. The molecule has 3 N–H and O–H groups in total. The Morgan fingerprint density at radius 2 is 2.00 bits per heavy atom. The maximum absolute atomic E-state index is 12.7. The van der Waals surface area contributed by atoms with Crippen LogP contribution in [0.3, 0.4) is 0 Å². The highest BCUT2D eigenvalue weighted by Gasteiger charge is 2.21. The number of ether oxygens (including phenoxy) is 2. The summed E-state index contributed by atoms with van der Waals surface area (Å²) in [6.07, 6.45) is 5.84. The molecule has 0 amide bonds. The Morgan fingerprint density at radius 1 is 1.25 bits per heavy atom. The largest absolute Gasteiger partial charge is 0.504 e. The number of carbonyl (C=O) groups is 1. The van der Waals surface area contributed by atoms with Crippen LogP contribution in [0.4, 0.5) is 5.82 Å². The van der Waals surface area contributed by atoms with E-state index < -0.39 is 0 Å². The first kappa shape index (κ1) is 16.1. The number of methoxy groups -OCH3 is 1. The lowest BCUT2D eigenvalue weighted by atomic mass is 10.0. The van der Waals surface area contributed by atoms with Gasteiger partial charge in [-0.05, 0) is 49.9 Å². The fourth-order valence-electron chi connectivity index (χ4n) is 2.90. The van der Waals surface area contributed by atoms with Crippen LogP contribution >= 0.6 is 0 Å². The van der Waals surface area contributed by atoms with Gasteiger partial charge in [-0.15, -0.1) is 0 Å². The Labute approximate surface area is 140 Å². The van der Waals surface area contributed by atoms with E-state index in [-0.39, 0.29) is 29.0 Å². The lowest BCUT2D eigenvalue weighted by Crippen LogP contribution is -2.12. The average molecular weight is 328 g/mol. The Hall–Kier alpha value is -2.76. The van der Waals surface area contributed by atoms with Gasteiger partial charge in [0.2, 0.25) is 0 Å². The van der Waals surface area contributed by atoms with Gasteiger partial charge in [-0.25, -0.2) is 4.98 Å². The zero-order chi connectivity index (χ0) is 17.1. The highest BCUT2D eigenvalue weighted by atomic mass is 16.5. The monoisotopic (exact) mass is 328 g/mol. The second kappa shape index (κ2) is 6.78. The lowest BCUT2D eigenvalue weighted by molar-refractivity contribution is 0.103. The van der Waals surface area contributed by atoms with E-state index >= 15 is 0 Å². The van der Waals surface area contributed by atoms with Gasteiger partial charge in [-0.1, -0.05) is 0 Å². The van der Waals surface area contributed by atoms with Gasteiger partial charge in [-0.3, -0.25) is 4.79 Å². The third-order valence-corrected chi connectivity index (χ3v) is 4.22. The Bertz CT molecular complexity index is 755. The molecule has 3 rings (SSSR count). The summed E-state index contributed by atoms with van der Waals surface area (Å²) in [5.41, 5.74) is 6.07. The van der Waals surface area contributed by atoms with Crippen molar-refractivity contribution in [2.45, 2.75) is 31.8 Å². The second-order valence-electron chi connectivity index (χ2n) is 5.81. The van der Waals surface area contributed by atoms with Crippen LogP contribution in [0.25, 0.3) is 0 Å². The van der Waals surface area contributed by atoms with Crippen molar-refractivity contribution in [1.29, 1.82) is 0 Å². The number of anilines is 1. The van der Waals surface area contributed by atoms with Gasteiger partial charge in [-0.2, -0.15) is 0 Å². The van der Waals surface area contributed by atoms with Crippen molar-refractivity contribution in [3.8, 4) is 17.2 Å². The molecule has 0 saturated heterocycles. The molecule has 6 nitrogen and oxygen atoms in total. The third kappa shape index (κ3) is 3.13. The molecule has 1 heterocycles. The molecule has 1 aliphatic carbocycles. The fourth-order valence-corrected chi connectivity index (χ4v) is 2.90. The van der Waals surface area contributed by atoms with Crippen molar-refractivity contribution in [2.24, 2.45) is 0 Å². The summed E-state index contributed by atoms with van der Waals surface area (Å²) in [7, 11) is 1.56. The number of rotatable bonds is 5.